The summed E-state index contributed by atoms with van der Waals surface area (Å²) >= 11 is 12.0. The molecule has 0 radical (unpaired) electrons. The van der Waals surface area contributed by atoms with Crippen LogP contribution in [0.25, 0.3) is 0 Å². The Hall–Kier alpha value is -2.12. The molecular weight excluding hydrogens is 403 g/mol. The number of aliphatic carboxylic acids is 2. The van der Waals surface area contributed by atoms with Crippen LogP contribution in [0.2, 0.25) is 10.0 Å². The molecule has 150 valence electrons. The van der Waals surface area contributed by atoms with Gasteiger partial charge in [-0.2, -0.15) is 0 Å². The molecule has 8 heteroatoms. The molecule has 0 saturated carbocycles. The van der Waals surface area contributed by atoms with Crippen molar-refractivity contribution in [3.63, 3.8) is 0 Å². The minimum atomic E-state index is -1.82. The van der Waals surface area contributed by atoms with E-state index in [1.807, 2.05) is 24.3 Å². The van der Waals surface area contributed by atoms with Gasteiger partial charge in [0.05, 0.1) is 0 Å². The fourth-order valence-corrected chi connectivity index (χ4v) is 3.19. The van der Waals surface area contributed by atoms with Gasteiger partial charge in [-0.15, -0.1) is 0 Å². The molecule has 6 nitrogen and oxygen atoms in total. The van der Waals surface area contributed by atoms with Gasteiger partial charge in [0, 0.05) is 49.3 Å². The Kier molecular flexibility index (Phi) is 8.73. The number of piperazine rings is 1. The van der Waals surface area contributed by atoms with Crippen LogP contribution in [0.15, 0.2) is 48.5 Å². The van der Waals surface area contributed by atoms with E-state index >= 15 is 0 Å². The summed E-state index contributed by atoms with van der Waals surface area (Å²) in [6, 6.07) is 16.3. The first-order valence-corrected chi connectivity index (χ1v) is 9.49. The predicted molar refractivity (Wildman–Crippen MR) is 109 cm³/mol. The van der Waals surface area contributed by atoms with Crippen molar-refractivity contribution in [2.24, 2.45) is 0 Å². The Morgan fingerprint density at radius 3 is 1.71 bits per heavy atom. The van der Waals surface area contributed by atoms with Gasteiger partial charge in [-0.25, -0.2) is 9.59 Å². The van der Waals surface area contributed by atoms with E-state index in [4.69, 9.17) is 43.0 Å². The first-order valence-electron chi connectivity index (χ1n) is 8.73. The number of carboxylic acid groups (broad SMARTS) is 2. The fourth-order valence-electron chi connectivity index (χ4n) is 2.85. The molecule has 0 spiro atoms. The second kappa shape index (κ2) is 11.0. The number of hydrogen-bond donors (Lipinski definition) is 2. The van der Waals surface area contributed by atoms with Gasteiger partial charge in [-0.05, 0) is 35.4 Å². The predicted octanol–water partition coefficient (Wildman–Crippen LogP) is 3.47. The van der Waals surface area contributed by atoms with Crippen LogP contribution in [0.1, 0.15) is 11.1 Å². The number of nitrogens with zero attached hydrogens (tertiary/aromatic N) is 2. The first kappa shape index (κ1) is 22.2. The lowest BCUT2D eigenvalue weighted by atomic mass is 10.1. The zero-order chi connectivity index (χ0) is 20.5. The van der Waals surface area contributed by atoms with Crippen LogP contribution in [-0.4, -0.2) is 58.1 Å². The van der Waals surface area contributed by atoms with Crippen molar-refractivity contribution in [3.05, 3.63) is 69.7 Å². The molecule has 2 N–H and O–H groups in total. The van der Waals surface area contributed by atoms with E-state index in [-0.39, 0.29) is 0 Å². The van der Waals surface area contributed by atoms with Gasteiger partial charge in [-0.3, -0.25) is 9.80 Å². The fraction of sp³-hybridized carbons (Fsp3) is 0.300. The lowest BCUT2D eigenvalue weighted by Crippen LogP contribution is -2.45. The van der Waals surface area contributed by atoms with Crippen molar-refractivity contribution in [2.75, 3.05) is 26.2 Å². The molecule has 0 amide bonds. The van der Waals surface area contributed by atoms with Crippen molar-refractivity contribution in [2.45, 2.75) is 13.1 Å². The van der Waals surface area contributed by atoms with E-state index in [2.05, 4.69) is 34.1 Å². The quantitative estimate of drug-likeness (QED) is 0.731. The molecule has 2 aromatic carbocycles. The van der Waals surface area contributed by atoms with Gasteiger partial charge >= 0.3 is 11.9 Å². The maximum atomic E-state index is 9.10. The van der Waals surface area contributed by atoms with Gasteiger partial charge in [-0.1, -0.05) is 47.5 Å². The summed E-state index contributed by atoms with van der Waals surface area (Å²) in [4.78, 5) is 23.2. The average molecular weight is 425 g/mol. The van der Waals surface area contributed by atoms with E-state index in [1.54, 1.807) is 0 Å². The van der Waals surface area contributed by atoms with Crippen LogP contribution in [0.5, 0.6) is 0 Å². The summed E-state index contributed by atoms with van der Waals surface area (Å²) in [5.41, 5.74) is 2.62. The minimum absolute atomic E-state index is 0.801. The molecule has 2 aromatic rings. The minimum Gasteiger partial charge on any atom is -0.473 e. The molecule has 0 aromatic heterocycles. The van der Waals surface area contributed by atoms with Crippen molar-refractivity contribution >= 4 is 35.1 Å². The highest BCUT2D eigenvalue weighted by atomic mass is 35.5. The highest BCUT2D eigenvalue weighted by Gasteiger charge is 2.17. The molecule has 1 fully saturated rings. The van der Waals surface area contributed by atoms with Crippen LogP contribution < -0.4 is 0 Å². The van der Waals surface area contributed by atoms with E-state index in [0.717, 1.165) is 49.3 Å². The zero-order valence-corrected chi connectivity index (χ0v) is 16.7. The maximum Gasteiger partial charge on any atom is 0.414 e. The normalized spacial score (nSPS) is 14.8. The van der Waals surface area contributed by atoms with Crippen molar-refractivity contribution < 1.29 is 19.8 Å². The molecule has 1 aliphatic rings. The third kappa shape index (κ3) is 7.86. The monoisotopic (exact) mass is 424 g/mol. The Bertz CT molecular complexity index is 779. The third-order valence-electron chi connectivity index (χ3n) is 4.26. The second-order valence-corrected chi connectivity index (χ2v) is 7.29. The van der Waals surface area contributed by atoms with Crippen LogP contribution in [-0.2, 0) is 22.7 Å². The average Bonchev–Trinajstić information content (AvgIpc) is 2.66. The summed E-state index contributed by atoms with van der Waals surface area (Å²) in [6.45, 7) is 6.38. The Labute approximate surface area is 173 Å². The number of halogens is 2. The molecule has 0 aliphatic carbocycles. The second-order valence-electron chi connectivity index (χ2n) is 6.42. The topological polar surface area (TPSA) is 81.1 Å². The molecule has 1 aliphatic heterocycles. The van der Waals surface area contributed by atoms with E-state index < -0.39 is 11.9 Å². The summed E-state index contributed by atoms with van der Waals surface area (Å²) in [5, 5.41) is 16.4. The van der Waals surface area contributed by atoms with Crippen LogP contribution in [0.3, 0.4) is 0 Å². The van der Waals surface area contributed by atoms with Crippen molar-refractivity contribution in [3.8, 4) is 0 Å². The smallest absolute Gasteiger partial charge is 0.414 e. The number of carboxylic acids is 2. The van der Waals surface area contributed by atoms with Gasteiger partial charge in [0.1, 0.15) is 0 Å². The summed E-state index contributed by atoms with van der Waals surface area (Å²) < 4.78 is 0. The van der Waals surface area contributed by atoms with Crippen molar-refractivity contribution in [1.82, 2.24) is 9.80 Å². The molecule has 0 bridgehead atoms. The zero-order valence-electron chi connectivity index (χ0n) is 15.2. The van der Waals surface area contributed by atoms with Crippen molar-refractivity contribution in [1.29, 1.82) is 0 Å². The Morgan fingerprint density at radius 2 is 1.25 bits per heavy atom. The highest BCUT2D eigenvalue weighted by molar-refractivity contribution is 6.30. The molecule has 28 heavy (non-hydrogen) atoms. The lowest BCUT2D eigenvalue weighted by Gasteiger charge is -2.34. The first-order chi connectivity index (χ1) is 13.3. The molecule has 1 saturated heterocycles. The number of rotatable bonds is 4. The Morgan fingerprint density at radius 1 is 0.750 bits per heavy atom. The highest BCUT2D eigenvalue weighted by Crippen LogP contribution is 2.16. The van der Waals surface area contributed by atoms with Gasteiger partial charge in [0.25, 0.3) is 0 Å². The van der Waals surface area contributed by atoms with E-state index in [1.165, 1.54) is 11.1 Å². The summed E-state index contributed by atoms with van der Waals surface area (Å²) in [6.07, 6.45) is 0. The van der Waals surface area contributed by atoms with Gasteiger partial charge in [0.15, 0.2) is 0 Å². The molecule has 1 heterocycles. The largest absolute Gasteiger partial charge is 0.473 e. The van der Waals surface area contributed by atoms with Crippen LogP contribution >= 0.6 is 23.2 Å². The van der Waals surface area contributed by atoms with E-state index in [9.17, 15) is 0 Å². The lowest BCUT2D eigenvalue weighted by molar-refractivity contribution is -0.159. The van der Waals surface area contributed by atoms with Gasteiger partial charge < -0.3 is 10.2 Å². The van der Waals surface area contributed by atoms with Crippen LogP contribution in [0, 0.1) is 0 Å². The standard InChI is InChI=1S/C18H20Cl2N2.C2H2O4/c19-17-6-4-15(5-7-17)13-21-8-10-22(11-9-21)14-16-2-1-3-18(20)12-16;3-1(4)2(5)6/h1-7,12H,8-11,13-14H2;(H,3,4)(H,5,6). The van der Waals surface area contributed by atoms with Gasteiger partial charge in [0.2, 0.25) is 0 Å². The Balaban J connectivity index is 0.000000409. The van der Waals surface area contributed by atoms with E-state index in [0.29, 0.717) is 0 Å². The third-order valence-corrected chi connectivity index (χ3v) is 4.75. The number of hydrogen-bond acceptors (Lipinski definition) is 4. The number of carbonyl (C=O) groups is 2. The molecule has 0 unspecified atom stereocenters. The van der Waals surface area contributed by atoms with Crippen LogP contribution in [0.4, 0.5) is 0 Å². The molecule has 0 atom stereocenters. The summed E-state index contributed by atoms with van der Waals surface area (Å²) in [5.74, 6) is -3.65. The maximum absolute atomic E-state index is 9.10. The SMILES string of the molecule is Clc1ccc(CN2CCN(Cc3cccc(Cl)c3)CC2)cc1.O=C(O)C(=O)O. The molecular formula is C20H22Cl2N2O4. The molecule has 3 rings (SSSR count). The summed E-state index contributed by atoms with van der Waals surface area (Å²) in [7, 11) is 0. The number of benzene rings is 2.